The molecule has 1 aliphatic heterocycles. The van der Waals surface area contributed by atoms with E-state index < -0.39 is 0 Å². The van der Waals surface area contributed by atoms with Gasteiger partial charge in [-0.25, -0.2) is 4.39 Å². The summed E-state index contributed by atoms with van der Waals surface area (Å²) in [6, 6.07) is 5.14. The van der Waals surface area contributed by atoms with Crippen molar-refractivity contribution in [2.24, 2.45) is 0 Å². The fourth-order valence-corrected chi connectivity index (χ4v) is 2.11. The first-order valence-corrected chi connectivity index (χ1v) is 5.63. The lowest BCUT2D eigenvalue weighted by molar-refractivity contribution is 0.195. The van der Waals surface area contributed by atoms with Crippen LogP contribution in [0.25, 0.3) is 0 Å². The summed E-state index contributed by atoms with van der Waals surface area (Å²) in [5, 5.41) is 3.34. The molecule has 76 valence electrons. The third-order valence-corrected chi connectivity index (χ3v) is 3.11. The van der Waals surface area contributed by atoms with Crippen LogP contribution >= 0.6 is 22.6 Å². The monoisotopic (exact) mass is 307 g/mol. The Kier molecular flexibility index (Phi) is 3.22. The van der Waals surface area contributed by atoms with Crippen molar-refractivity contribution in [3.05, 3.63) is 27.6 Å². The van der Waals surface area contributed by atoms with Crippen LogP contribution in [-0.2, 0) is 4.74 Å². The molecule has 1 N–H and O–H groups in total. The van der Waals surface area contributed by atoms with E-state index >= 15 is 0 Å². The molecule has 1 aromatic carbocycles. The van der Waals surface area contributed by atoms with Gasteiger partial charge in [0.05, 0.1) is 12.6 Å². The number of ether oxygens (including phenoxy) is 1. The van der Waals surface area contributed by atoms with Gasteiger partial charge in [-0.3, -0.25) is 0 Å². The molecule has 0 bridgehead atoms. The summed E-state index contributed by atoms with van der Waals surface area (Å²) in [5.74, 6) is -0.192. The predicted octanol–water partition coefficient (Wildman–Crippen LogP) is 2.63. The molecule has 1 aliphatic rings. The van der Waals surface area contributed by atoms with Gasteiger partial charge < -0.3 is 10.1 Å². The van der Waals surface area contributed by atoms with Crippen molar-refractivity contribution in [2.45, 2.75) is 12.5 Å². The highest BCUT2D eigenvalue weighted by atomic mass is 127. The molecule has 0 aliphatic carbocycles. The molecular formula is C10H11FINO. The average Bonchev–Trinajstić information content (AvgIpc) is 2.62. The molecular weight excluding hydrogens is 296 g/mol. The highest BCUT2D eigenvalue weighted by Crippen LogP contribution is 2.21. The number of nitrogens with one attached hydrogen (secondary N) is 1. The number of halogens is 2. The topological polar surface area (TPSA) is 21.3 Å². The zero-order valence-electron chi connectivity index (χ0n) is 7.59. The maximum Gasteiger partial charge on any atom is 0.124 e. The van der Waals surface area contributed by atoms with Gasteiger partial charge in [0.25, 0.3) is 0 Å². The lowest BCUT2D eigenvalue weighted by atomic mass is 10.2. The van der Waals surface area contributed by atoms with Gasteiger partial charge in [0, 0.05) is 15.9 Å². The molecule has 4 heteroatoms. The minimum absolute atomic E-state index is 0.192. The van der Waals surface area contributed by atoms with Gasteiger partial charge in [0.15, 0.2) is 0 Å². The highest BCUT2D eigenvalue weighted by Gasteiger charge is 2.15. The maximum atomic E-state index is 12.8. The van der Waals surface area contributed by atoms with Gasteiger partial charge in [0.1, 0.15) is 5.82 Å². The van der Waals surface area contributed by atoms with Gasteiger partial charge >= 0.3 is 0 Å². The van der Waals surface area contributed by atoms with Crippen molar-refractivity contribution in [3.63, 3.8) is 0 Å². The molecule has 1 atom stereocenters. The lowest BCUT2D eigenvalue weighted by Crippen LogP contribution is -2.19. The first kappa shape index (κ1) is 10.2. The first-order valence-electron chi connectivity index (χ1n) is 4.55. The number of anilines is 1. The molecule has 1 aromatic rings. The fourth-order valence-electron chi connectivity index (χ4n) is 1.47. The van der Waals surface area contributed by atoms with Crippen LogP contribution in [0.4, 0.5) is 10.1 Å². The second-order valence-corrected chi connectivity index (χ2v) is 4.49. The Hall–Kier alpha value is -0.360. The zero-order valence-corrected chi connectivity index (χ0v) is 9.75. The summed E-state index contributed by atoms with van der Waals surface area (Å²) in [7, 11) is 0. The first-order chi connectivity index (χ1) is 6.75. The van der Waals surface area contributed by atoms with Crippen LogP contribution in [-0.4, -0.2) is 19.3 Å². The van der Waals surface area contributed by atoms with E-state index in [0.717, 1.165) is 28.9 Å². The summed E-state index contributed by atoms with van der Waals surface area (Å²) in [6.45, 7) is 1.56. The van der Waals surface area contributed by atoms with Crippen molar-refractivity contribution in [1.29, 1.82) is 0 Å². The minimum atomic E-state index is -0.192. The van der Waals surface area contributed by atoms with Gasteiger partial charge in [-0.1, -0.05) is 0 Å². The second kappa shape index (κ2) is 4.44. The molecule has 2 rings (SSSR count). The van der Waals surface area contributed by atoms with Crippen molar-refractivity contribution < 1.29 is 9.13 Å². The van der Waals surface area contributed by atoms with Gasteiger partial charge in [-0.2, -0.15) is 0 Å². The Balaban J connectivity index is 2.08. The Bertz CT molecular complexity index is 326. The van der Waals surface area contributed by atoms with E-state index in [4.69, 9.17) is 4.74 Å². The van der Waals surface area contributed by atoms with Crippen LogP contribution in [0.15, 0.2) is 18.2 Å². The molecule has 14 heavy (non-hydrogen) atoms. The molecule has 1 unspecified atom stereocenters. The lowest BCUT2D eigenvalue weighted by Gasteiger charge is -2.13. The molecule has 1 saturated heterocycles. The smallest absolute Gasteiger partial charge is 0.124 e. The molecule has 2 nitrogen and oxygen atoms in total. The molecule has 0 amide bonds. The number of hydrogen-bond acceptors (Lipinski definition) is 2. The largest absolute Gasteiger partial charge is 0.379 e. The standard InChI is InChI=1S/C10H11FINO/c11-7-1-2-10(9(12)5-7)13-8-3-4-14-6-8/h1-2,5,8,13H,3-4,6H2. The predicted molar refractivity (Wildman–Crippen MR) is 62.0 cm³/mol. The highest BCUT2D eigenvalue weighted by molar-refractivity contribution is 14.1. The van der Waals surface area contributed by atoms with Crippen molar-refractivity contribution in [3.8, 4) is 0 Å². The minimum Gasteiger partial charge on any atom is -0.379 e. The molecule has 0 saturated carbocycles. The third-order valence-electron chi connectivity index (χ3n) is 2.22. The van der Waals surface area contributed by atoms with Crippen molar-refractivity contribution in [2.75, 3.05) is 18.5 Å². The Labute approximate surface area is 96.0 Å². The molecule has 1 heterocycles. The molecule has 0 radical (unpaired) electrons. The van der Waals surface area contributed by atoms with E-state index in [1.54, 1.807) is 6.07 Å². The van der Waals surface area contributed by atoms with E-state index in [0.29, 0.717) is 6.04 Å². The van der Waals surface area contributed by atoms with Crippen LogP contribution in [0.2, 0.25) is 0 Å². The SMILES string of the molecule is Fc1ccc(NC2CCOC2)c(I)c1. The molecule has 1 fully saturated rings. The van der Waals surface area contributed by atoms with Crippen molar-refractivity contribution in [1.82, 2.24) is 0 Å². The molecule has 0 aromatic heterocycles. The Morgan fingerprint density at radius 2 is 2.36 bits per heavy atom. The fraction of sp³-hybridized carbons (Fsp3) is 0.400. The van der Waals surface area contributed by atoms with E-state index in [1.165, 1.54) is 12.1 Å². The Morgan fingerprint density at radius 1 is 1.50 bits per heavy atom. The Morgan fingerprint density at radius 3 is 3.00 bits per heavy atom. The third kappa shape index (κ3) is 2.36. The summed E-state index contributed by atoms with van der Waals surface area (Å²) in [6.07, 6.45) is 1.02. The van der Waals surface area contributed by atoms with E-state index in [1.807, 2.05) is 0 Å². The van der Waals surface area contributed by atoms with E-state index in [9.17, 15) is 4.39 Å². The van der Waals surface area contributed by atoms with Crippen molar-refractivity contribution >= 4 is 28.3 Å². The van der Waals surface area contributed by atoms with E-state index in [2.05, 4.69) is 27.9 Å². The van der Waals surface area contributed by atoms with E-state index in [-0.39, 0.29) is 5.82 Å². The number of hydrogen-bond donors (Lipinski definition) is 1. The van der Waals surface area contributed by atoms with Gasteiger partial charge in [-0.05, 0) is 47.2 Å². The molecule has 0 spiro atoms. The number of benzene rings is 1. The summed E-state index contributed by atoms with van der Waals surface area (Å²) in [4.78, 5) is 0. The average molecular weight is 307 g/mol. The maximum absolute atomic E-state index is 12.8. The van der Waals surface area contributed by atoms with Crippen LogP contribution in [0.1, 0.15) is 6.42 Å². The van der Waals surface area contributed by atoms with Gasteiger partial charge in [0.2, 0.25) is 0 Å². The van der Waals surface area contributed by atoms with Crippen LogP contribution in [0, 0.1) is 9.39 Å². The van der Waals surface area contributed by atoms with Crippen LogP contribution < -0.4 is 5.32 Å². The summed E-state index contributed by atoms with van der Waals surface area (Å²) in [5.41, 5.74) is 0.988. The van der Waals surface area contributed by atoms with Crippen LogP contribution in [0.5, 0.6) is 0 Å². The quantitative estimate of drug-likeness (QED) is 0.848. The normalized spacial score (nSPS) is 21.1. The summed E-state index contributed by atoms with van der Waals surface area (Å²) >= 11 is 2.13. The second-order valence-electron chi connectivity index (χ2n) is 3.33. The van der Waals surface area contributed by atoms with Gasteiger partial charge in [-0.15, -0.1) is 0 Å². The van der Waals surface area contributed by atoms with Crippen LogP contribution in [0.3, 0.4) is 0 Å². The summed E-state index contributed by atoms with van der Waals surface area (Å²) < 4.78 is 19.0. The zero-order chi connectivity index (χ0) is 9.97. The number of rotatable bonds is 2.